The van der Waals surface area contributed by atoms with Gasteiger partial charge in [-0.1, -0.05) is 36.4 Å². The minimum Gasteiger partial charge on any atom is -0.392 e. The van der Waals surface area contributed by atoms with Crippen molar-refractivity contribution >= 4 is 47.5 Å². The number of aromatic nitrogens is 4. The van der Waals surface area contributed by atoms with E-state index in [2.05, 4.69) is 19.9 Å². The highest BCUT2D eigenvalue weighted by molar-refractivity contribution is 7.91. The summed E-state index contributed by atoms with van der Waals surface area (Å²) in [5, 5.41) is 9.60. The minimum absolute atomic E-state index is 0.0590. The predicted molar refractivity (Wildman–Crippen MR) is 172 cm³/mol. The summed E-state index contributed by atoms with van der Waals surface area (Å²) in [6.07, 6.45) is 4.29. The molecule has 0 unspecified atom stereocenters. The van der Waals surface area contributed by atoms with Crippen molar-refractivity contribution in [1.82, 2.24) is 19.9 Å². The third-order valence-corrected chi connectivity index (χ3v) is 9.29. The Morgan fingerprint density at radius 3 is 1.60 bits per heavy atom. The summed E-state index contributed by atoms with van der Waals surface area (Å²) in [5.41, 5.74) is 3.15. The maximum absolute atomic E-state index is 13.4. The molecular formula is C33H26F2N4O6S2. The number of sulfone groups is 2. The van der Waals surface area contributed by atoms with Gasteiger partial charge in [0.05, 0.1) is 62.2 Å². The van der Waals surface area contributed by atoms with Crippen molar-refractivity contribution in [2.75, 3.05) is 12.5 Å². The standard InChI is InChI=1S/C17H13FN2O3S.C16H13FN2O3S/c1-10(21)13-8-14-15(7-11(18)9-19-14)20-17(13)12-5-3-4-6-16(12)24(2,22)23;1-23(21,22)15-5-3-2-4-12(15)16-10(9-20)6-13-14(19-16)7-11(17)8-18-13/h3-9H,1-2H3;2-8,20H,9H2,1H3. The number of pyridine rings is 4. The van der Waals surface area contributed by atoms with Crippen LogP contribution in [0.15, 0.2) is 95.0 Å². The summed E-state index contributed by atoms with van der Waals surface area (Å²) in [5.74, 6) is -1.38. The van der Waals surface area contributed by atoms with Crippen molar-refractivity contribution < 1.29 is 35.5 Å². The van der Waals surface area contributed by atoms with Gasteiger partial charge in [-0.15, -0.1) is 0 Å². The molecule has 0 atom stereocenters. The van der Waals surface area contributed by atoms with Crippen LogP contribution in [0.2, 0.25) is 0 Å². The lowest BCUT2D eigenvalue weighted by Crippen LogP contribution is -2.05. The summed E-state index contributed by atoms with van der Waals surface area (Å²) in [6.45, 7) is 1.02. The average Bonchev–Trinajstić information content (AvgIpc) is 3.03. The number of ketones is 1. The van der Waals surface area contributed by atoms with Gasteiger partial charge >= 0.3 is 0 Å². The van der Waals surface area contributed by atoms with Crippen LogP contribution in [-0.4, -0.2) is 60.2 Å². The number of hydrogen-bond acceptors (Lipinski definition) is 10. The lowest BCUT2D eigenvalue weighted by atomic mass is 10.0. The van der Waals surface area contributed by atoms with Gasteiger partial charge in [0, 0.05) is 46.9 Å². The van der Waals surface area contributed by atoms with Crippen molar-refractivity contribution in [2.45, 2.75) is 23.3 Å². The van der Waals surface area contributed by atoms with Crippen molar-refractivity contribution in [2.24, 2.45) is 0 Å². The lowest BCUT2D eigenvalue weighted by molar-refractivity contribution is 0.101. The Bertz CT molecular complexity index is 2420. The minimum atomic E-state index is -3.53. The molecule has 0 aliphatic rings. The fourth-order valence-electron chi connectivity index (χ4n) is 4.89. The molecule has 2 aromatic carbocycles. The first-order valence-corrected chi connectivity index (χ1v) is 17.6. The van der Waals surface area contributed by atoms with Crippen molar-refractivity contribution in [3.05, 3.63) is 108 Å². The molecular weight excluding hydrogens is 651 g/mol. The Morgan fingerprint density at radius 2 is 1.13 bits per heavy atom. The van der Waals surface area contributed by atoms with E-state index in [1.165, 1.54) is 37.3 Å². The van der Waals surface area contributed by atoms with Gasteiger partial charge in [0.1, 0.15) is 11.6 Å². The van der Waals surface area contributed by atoms with Crippen LogP contribution < -0.4 is 0 Å². The van der Waals surface area contributed by atoms with Crippen LogP contribution in [0.3, 0.4) is 0 Å². The van der Waals surface area contributed by atoms with Crippen LogP contribution >= 0.6 is 0 Å². The van der Waals surface area contributed by atoms with Crippen molar-refractivity contribution in [3.8, 4) is 22.5 Å². The molecule has 0 amide bonds. The normalized spacial score (nSPS) is 11.7. The first-order valence-electron chi connectivity index (χ1n) is 13.8. The van der Waals surface area contributed by atoms with Crippen LogP contribution in [0.4, 0.5) is 8.78 Å². The highest BCUT2D eigenvalue weighted by Crippen LogP contribution is 2.32. The SMILES string of the molecule is CC(=O)c1cc2ncc(F)cc2nc1-c1ccccc1S(C)(=O)=O.CS(=O)(=O)c1ccccc1-c1nc2cc(F)cnc2cc1CO. The second-order valence-electron chi connectivity index (χ2n) is 10.5. The molecule has 0 radical (unpaired) electrons. The van der Waals surface area contributed by atoms with E-state index in [-0.39, 0.29) is 39.0 Å². The molecule has 10 nitrogen and oxygen atoms in total. The van der Waals surface area contributed by atoms with Gasteiger partial charge < -0.3 is 5.11 Å². The third kappa shape index (κ3) is 7.19. The topological polar surface area (TPSA) is 157 Å². The van der Waals surface area contributed by atoms with Gasteiger partial charge in [0.15, 0.2) is 25.5 Å². The number of Topliss-reactive ketones (excluding diaryl/α,β-unsaturated/α-hetero) is 1. The van der Waals surface area contributed by atoms with Gasteiger partial charge in [0.2, 0.25) is 0 Å². The van der Waals surface area contributed by atoms with Crippen molar-refractivity contribution in [3.63, 3.8) is 0 Å². The van der Waals surface area contributed by atoms with Crippen LogP contribution in [0.5, 0.6) is 0 Å². The number of rotatable bonds is 6. The molecule has 0 saturated carbocycles. The van der Waals surface area contributed by atoms with E-state index < -0.39 is 31.3 Å². The monoisotopic (exact) mass is 676 g/mol. The fraction of sp³-hybridized carbons (Fsp3) is 0.121. The molecule has 4 aromatic heterocycles. The number of aliphatic hydroxyl groups is 1. The van der Waals surface area contributed by atoms with Crippen LogP contribution in [0.25, 0.3) is 44.6 Å². The molecule has 0 fully saturated rings. The number of fused-ring (bicyclic) bond motifs is 2. The molecule has 0 aliphatic carbocycles. The lowest BCUT2D eigenvalue weighted by Gasteiger charge is -2.12. The number of carbonyl (C=O) groups is 1. The zero-order valence-electron chi connectivity index (χ0n) is 25.1. The second kappa shape index (κ2) is 13.0. The van der Waals surface area contributed by atoms with E-state index in [0.717, 1.165) is 24.9 Å². The first-order chi connectivity index (χ1) is 22.2. The molecule has 6 rings (SSSR count). The first kappa shape index (κ1) is 33.3. The molecule has 1 N–H and O–H groups in total. The largest absolute Gasteiger partial charge is 0.392 e. The molecule has 240 valence electrons. The fourth-order valence-corrected chi connectivity index (χ4v) is 6.67. The molecule has 0 spiro atoms. The highest BCUT2D eigenvalue weighted by Gasteiger charge is 2.21. The molecule has 0 bridgehead atoms. The predicted octanol–water partition coefficient (Wildman–Crippen LogP) is 5.37. The Kier molecular flexibility index (Phi) is 9.20. The number of carbonyl (C=O) groups excluding carboxylic acids is 1. The van der Waals surface area contributed by atoms with Crippen LogP contribution in [0.1, 0.15) is 22.8 Å². The second-order valence-corrected chi connectivity index (χ2v) is 14.5. The summed E-state index contributed by atoms with van der Waals surface area (Å²) in [4.78, 5) is 28.7. The summed E-state index contributed by atoms with van der Waals surface area (Å²) in [6, 6.07) is 18.1. The van der Waals surface area contributed by atoms with Crippen LogP contribution in [0, 0.1) is 11.6 Å². The Morgan fingerprint density at radius 1 is 0.681 bits per heavy atom. The Labute approximate surface area is 268 Å². The van der Waals surface area contributed by atoms with Gasteiger partial charge in [0.25, 0.3) is 0 Å². The number of benzene rings is 2. The Balaban J connectivity index is 0.000000185. The summed E-state index contributed by atoms with van der Waals surface area (Å²) >= 11 is 0. The van der Waals surface area contributed by atoms with E-state index in [9.17, 15) is 35.5 Å². The average molecular weight is 677 g/mol. The van der Waals surface area contributed by atoms with Gasteiger partial charge in [-0.2, -0.15) is 0 Å². The van der Waals surface area contributed by atoms with E-state index in [4.69, 9.17) is 0 Å². The zero-order valence-corrected chi connectivity index (χ0v) is 26.8. The van der Waals surface area contributed by atoms with Gasteiger partial charge in [-0.25, -0.2) is 35.6 Å². The van der Waals surface area contributed by atoms with E-state index >= 15 is 0 Å². The number of nitrogens with zero attached hydrogens (tertiary/aromatic N) is 4. The molecule has 6 aromatic rings. The molecule has 14 heteroatoms. The van der Waals surface area contributed by atoms with Crippen molar-refractivity contribution in [1.29, 1.82) is 0 Å². The Hall–Kier alpha value is -5.05. The number of halogens is 2. The molecule has 0 saturated heterocycles. The van der Waals surface area contributed by atoms with E-state index in [0.29, 0.717) is 38.9 Å². The van der Waals surface area contributed by atoms with Gasteiger partial charge in [-0.05, 0) is 31.2 Å². The summed E-state index contributed by atoms with van der Waals surface area (Å²) in [7, 11) is -7.01. The molecule has 0 aliphatic heterocycles. The third-order valence-electron chi connectivity index (χ3n) is 6.98. The molecule has 4 heterocycles. The zero-order chi connectivity index (χ0) is 34.1. The quantitative estimate of drug-likeness (QED) is 0.227. The maximum atomic E-state index is 13.4. The smallest absolute Gasteiger partial charge is 0.176 e. The van der Waals surface area contributed by atoms with Gasteiger partial charge in [-0.3, -0.25) is 14.8 Å². The molecule has 47 heavy (non-hydrogen) atoms. The number of hydrogen-bond donors (Lipinski definition) is 1. The maximum Gasteiger partial charge on any atom is 0.176 e. The summed E-state index contributed by atoms with van der Waals surface area (Å²) < 4.78 is 74.9. The van der Waals surface area contributed by atoms with E-state index in [1.54, 1.807) is 42.5 Å². The number of aliphatic hydroxyl groups excluding tert-OH is 1. The highest BCUT2D eigenvalue weighted by atomic mass is 32.2. The van der Waals surface area contributed by atoms with E-state index in [1.807, 2.05) is 0 Å². The van der Waals surface area contributed by atoms with Crippen LogP contribution in [-0.2, 0) is 26.3 Å².